The van der Waals surface area contributed by atoms with Crippen LogP contribution in [0.5, 0.6) is 0 Å². The van der Waals surface area contributed by atoms with Crippen molar-refractivity contribution >= 4 is 15.9 Å². The fourth-order valence-electron chi connectivity index (χ4n) is 1.69. The number of amides is 1. The van der Waals surface area contributed by atoms with E-state index in [1.807, 2.05) is 6.92 Å². The minimum atomic E-state index is -3.43. The number of rotatable bonds is 3. The summed E-state index contributed by atoms with van der Waals surface area (Å²) in [5.74, 6) is -0.310. The van der Waals surface area contributed by atoms with Crippen LogP contribution in [0.3, 0.4) is 0 Å². The maximum atomic E-state index is 11.6. The number of sulfonamides is 1. The van der Waals surface area contributed by atoms with E-state index < -0.39 is 15.9 Å². The van der Waals surface area contributed by atoms with E-state index in [4.69, 9.17) is 0 Å². The second kappa shape index (κ2) is 4.94. The lowest BCUT2D eigenvalue weighted by atomic mass is 9.92. The normalized spacial score (nSPS) is 27.3. The Morgan fingerprint density at radius 2 is 2.20 bits per heavy atom. The number of hydrogen-bond donors (Lipinski definition) is 2. The van der Waals surface area contributed by atoms with Crippen LogP contribution in [-0.2, 0) is 14.8 Å². The first kappa shape index (κ1) is 12.4. The minimum absolute atomic E-state index is 0.0696. The summed E-state index contributed by atoms with van der Waals surface area (Å²) in [6, 6.07) is -0.375. The molecule has 1 aliphatic heterocycles. The lowest BCUT2D eigenvalue weighted by molar-refractivity contribution is -0.123. The Morgan fingerprint density at radius 3 is 2.73 bits per heavy atom. The highest BCUT2D eigenvalue weighted by molar-refractivity contribution is 7.90. The van der Waals surface area contributed by atoms with E-state index in [2.05, 4.69) is 10.0 Å². The molecule has 1 rings (SSSR count). The monoisotopic (exact) mass is 234 g/mol. The Labute approximate surface area is 90.7 Å². The van der Waals surface area contributed by atoms with E-state index in [-0.39, 0.29) is 17.7 Å². The lowest BCUT2D eigenvalue weighted by Crippen LogP contribution is -2.52. The van der Waals surface area contributed by atoms with Crippen molar-refractivity contribution in [3.63, 3.8) is 0 Å². The van der Waals surface area contributed by atoms with Crippen molar-refractivity contribution in [3.8, 4) is 0 Å². The summed E-state index contributed by atoms with van der Waals surface area (Å²) in [6.07, 6.45) is 1.99. The van der Waals surface area contributed by atoms with Gasteiger partial charge < -0.3 is 5.32 Å². The van der Waals surface area contributed by atoms with E-state index in [0.717, 1.165) is 19.4 Å². The summed E-state index contributed by atoms with van der Waals surface area (Å²) in [5, 5.41) is 3.04. The van der Waals surface area contributed by atoms with E-state index in [9.17, 15) is 13.2 Å². The zero-order valence-corrected chi connectivity index (χ0v) is 9.93. The molecule has 1 aliphatic rings. The fraction of sp³-hybridized carbons (Fsp3) is 0.889. The first-order chi connectivity index (χ1) is 6.96. The van der Waals surface area contributed by atoms with Gasteiger partial charge in [-0.3, -0.25) is 9.52 Å². The smallest absolute Gasteiger partial charge is 0.250 e. The lowest BCUT2D eigenvalue weighted by Gasteiger charge is -2.28. The molecule has 15 heavy (non-hydrogen) atoms. The van der Waals surface area contributed by atoms with Gasteiger partial charge in [-0.05, 0) is 32.2 Å². The average molecular weight is 234 g/mol. The number of carbonyl (C=O) groups is 1. The standard InChI is InChI=1S/C9H18N2O3S/c1-3-15(13,14)11-9(12)8-7(2)5-4-6-10-8/h7-8,10H,3-6H2,1-2H3,(H,11,12). The third kappa shape index (κ3) is 3.46. The molecule has 0 spiro atoms. The van der Waals surface area contributed by atoms with E-state index in [0.29, 0.717) is 0 Å². The molecular formula is C9H18N2O3S. The third-order valence-corrected chi connectivity index (χ3v) is 3.96. The van der Waals surface area contributed by atoms with Crippen LogP contribution in [0, 0.1) is 5.92 Å². The molecule has 2 atom stereocenters. The van der Waals surface area contributed by atoms with Gasteiger partial charge in [-0.15, -0.1) is 0 Å². The van der Waals surface area contributed by atoms with Crippen LogP contribution in [0.1, 0.15) is 26.7 Å². The van der Waals surface area contributed by atoms with E-state index in [1.165, 1.54) is 6.92 Å². The molecule has 0 aromatic carbocycles. The van der Waals surface area contributed by atoms with Crippen molar-refractivity contribution in [2.75, 3.05) is 12.3 Å². The molecule has 2 N–H and O–H groups in total. The number of hydrogen-bond acceptors (Lipinski definition) is 4. The van der Waals surface area contributed by atoms with Crippen LogP contribution < -0.4 is 10.0 Å². The van der Waals surface area contributed by atoms with Crippen molar-refractivity contribution in [3.05, 3.63) is 0 Å². The van der Waals surface area contributed by atoms with Crippen LogP contribution in [0.15, 0.2) is 0 Å². The average Bonchev–Trinajstić information content (AvgIpc) is 2.17. The Hall–Kier alpha value is -0.620. The molecule has 0 aromatic heterocycles. The third-order valence-electron chi connectivity index (χ3n) is 2.69. The molecule has 0 saturated carbocycles. The molecule has 5 nitrogen and oxygen atoms in total. The van der Waals surface area contributed by atoms with Gasteiger partial charge in [0.1, 0.15) is 0 Å². The maximum absolute atomic E-state index is 11.6. The van der Waals surface area contributed by atoms with Gasteiger partial charge in [0.2, 0.25) is 10.0 Å². The highest BCUT2D eigenvalue weighted by atomic mass is 32.2. The summed E-state index contributed by atoms with van der Waals surface area (Å²) in [5.41, 5.74) is 0. The molecular weight excluding hydrogens is 216 g/mol. The molecule has 2 unspecified atom stereocenters. The van der Waals surface area contributed by atoms with Gasteiger partial charge in [0.25, 0.3) is 5.91 Å². The Balaban J connectivity index is 2.60. The predicted octanol–water partition coefficient (Wildman–Crippen LogP) is -0.160. The molecule has 0 aliphatic carbocycles. The van der Waals surface area contributed by atoms with Gasteiger partial charge in [0.15, 0.2) is 0 Å². The summed E-state index contributed by atoms with van der Waals surface area (Å²) in [6.45, 7) is 4.23. The van der Waals surface area contributed by atoms with Crippen molar-refractivity contribution < 1.29 is 13.2 Å². The van der Waals surface area contributed by atoms with Crippen molar-refractivity contribution in [1.29, 1.82) is 0 Å². The van der Waals surface area contributed by atoms with Crippen LogP contribution >= 0.6 is 0 Å². The molecule has 1 amide bonds. The van der Waals surface area contributed by atoms with Gasteiger partial charge in [-0.1, -0.05) is 6.92 Å². The van der Waals surface area contributed by atoms with Crippen LogP contribution in [0.4, 0.5) is 0 Å². The van der Waals surface area contributed by atoms with E-state index >= 15 is 0 Å². The Kier molecular flexibility index (Phi) is 4.10. The molecule has 88 valence electrons. The minimum Gasteiger partial charge on any atom is -0.306 e. The Morgan fingerprint density at radius 1 is 1.53 bits per heavy atom. The van der Waals surface area contributed by atoms with Crippen LogP contribution in [0.2, 0.25) is 0 Å². The zero-order chi connectivity index (χ0) is 11.5. The number of nitrogens with one attached hydrogen (secondary N) is 2. The predicted molar refractivity (Wildman–Crippen MR) is 57.8 cm³/mol. The van der Waals surface area contributed by atoms with Gasteiger partial charge in [0.05, 0.1) is 11.8 Å². The molecule has 1 heterocycles. The van der Waals surface area contributed by atoms with Crippen LogP contribution in [0.25, 0.3) is 0 Å². The van der Waals surface area contributed by atoms with E-state index in [1.54, 1.807) is 0 Å². The topological polar surface area (TPSA) is 75.3 Å². The SMILES string of the molecule is CCS(=O)(=O)NC(=O)C1NCCCC1C. The second-order valence-electron chi connectivity index (χ2n) is 3.92. The van der Waals surface area contributed by atoms with Crippen molar-refractivity contribution in [1.82, 2.24) is 10.0 Å². The Bertz CT molecular complexity index is 326. The second-order valence-corrected chi connectivity index (χ2v) is 5.93. The fourth-order valence-corrected chi connectivity index (χ4v) is 2.27. The van der Waals surface area contributed by atoms with Gasteiger partial charge in [-0.2, -0.15) is 0 Å². The van der Waals surface area contributed by atoms with Gasteiger partial charge in [0, 0.05) is 0 Å². The largest absolute Gasteiger partial charge is 0.306 e. The number of piperidine rings is 1. The summed E-state index contributed by atoms with van der Waals surface area (Å²) < 4.78 is 24.5. The molecule has 0 radical (unpaired) electrons. The highest BCUT2D eigenvalue weighted by Gasteiger charge is 2.29. The molecule has 1 saturated heterocycles. The molecule has 0 bridgehead atoms. The van der Waals surface area contributed by atoms with Gasteiger partial charge in [-0.25, -0.2) is 8.42 Å². The highest BCUT2D eigenvalue weighted by Crippen LogP contribution is 2.15. The van der Waals surface area contributed by atoms with Gasteiger partial charge >= 0.3 is 0 Å². The first-order valence-electron chi connectivity index (χ1n) is 5.24. The molecule has 1 fully saturated rings. The zero-order valence-electron chi connectivity index (χ0n) is 9.12. The quantitative estimate of drug-likeness (QED) is 0.711. The van der Waals surface area contributed by atoms with Crippen molar-refractivity contribution in [2.24, 2.45) is 5.92 Å². The summed E-state index contributed by atoms with van der Waals surface area (Å²) in [4.78, 5) is 11.6. The molecule has 6 heteroatoms. The van der Waals surface area contributed by atoms with Crippen LogP contribution in [-0.4, -0.2) is 32.7 Å². The number of carbonyl (C=O) groups excluding carboxylic acids is 1. The summed E-state index contributed by atoms with van der Waals surface area (Å²) >= 11 is 0. The maximum Gasteiger partial charge on any atom is 0.250 e. The summed E-state index contributed by atoms with van der Waals surface area (Å²) in [7, 11) is -3.43. The van der Waals surface area contributed by atoms with Crippen molar-refractivity contribution in [2.45, 2.75) is 32.7 Å². The molecule has 0 aromatic rings. The first-order valence-corrected chi connectivity index (χ1v) is 6.89.